The molecule has 0 heterocycles. The van der Waals surface area contributed by atoms with E-state index in [0.717, 1.165) is 0 Å². The van der Waals surface area contributed by atoms with Crippen LogP contribution in [-0.4, -0.2) is 30.8 Å². The summed E-state index contributed by atoms with van der Waals surface area (Å²) in [6.07, 6.45) is 5.79. The van der Waals surface area contributed by atoms with Crippen LogP contribution in [-0.2, 0) is 0 Å². The lowest BCUT2D eigenvalue weighted by atomic mass is 10.2. The molecule has 0 spiro atoms. The summed E-state index contributed by atoms with van der Waals surface area (Å²) in [7, 11) is 0. The van der Waals surface area contributed by atoms with E-state index in [4.69, 9.17) is 0 Å². The van der Waals surface area contributed by atoms with E-state index in [1.165, 1.54) is 38.9 Å². The maximum atomic E-state index is 3.53. The third kappa shape index (κ3) is 10.3. The molecule has 2 heteroatoms. The Hall–Kier alpha value is 0.310. The van der Waals surface area contributed by atoms with Crippen LogP contribution in [0.3, 0.4) is 0 Å². The molecule has 0 aliphatic carbocycles. The molecule has 0 radical (unpaired) electrons. The Morgan fingerprint density at radius 3 is 1.75 bits per heavy atom. The van der Waals surface area contributed by atoms with Crippen LogP contribution in [0.15, 0.2) is 0 Å². The summed E-state index contributed by atoms with van der Waals surface area (Å²) in [5.74, 6) is 0. The Morgan fingerprint density at radius 1 is 0.917 bits per heavy atom. The minimum atomic E-state index is 1.21. The standard InChI is InChI=1S/C9H21N.CH4S/c1-4-7-8-9-10(5-2)6-3;1-2/h4-9H2,1-3H3;2H,1H3. The molecule has 0 saturated carbocycles. The molecule has 0 rings (SSSR count). The second kappa shape index (κ2) is 13.9. The van der Waals surface area contributed by atoms with Crippen LogP contribution in [0, 0.1) is 0 Å². The largest absolute Gasteiger partial charge is 0.304 e. The summed E-state index contributed by atoms with van der Waals surface area (Å²) in [4.78, 5) is 2.48. The molecule has 0 N–H and O–H groups in total. The van der Waals surface area contributed by atoms with Crippen LogP contribution in [0.2, 0.25) is 0 Å². The van der Waals surface area contributed by atoms with Crippen LogP contribution < -0.4 is 0 Å². The van der Waals surface area contributed by atoms with Gasteiger partial charge in [-0.3, -0.25) is 0 Å². The van der Waals surface area contributed by atoms with Gasteiger partial charge in [-0.2, -0.15) is 12.6 Å². The lowest BCUT2D eigenvalue weighted by Gasteiger charge is -2.16. The Labute approximate surface area is 83.9 Å². The van der Waals surface area contributed by atoms with Crippen molar-refractivity contribution in [3.05, 3.63) is 0 Å². The topological polar surface area (TPSA) is 3.24 Å². The minimum absolute atomic E-state index is 1.21. The Morgan fingerprint density at radius 2 is 1.42 bits per heavy atom. The van der Waals surface area contributed by atoms with Crippen molar-refractivity contribution in [1.29, 1.82) is 0 Å². The van der Waals surface area contributed by atoms with E-state index in [1.54, 1.807) is 6.26 Å². The molecule has 0 atom stereocenters. The van der Waals surface area contributed by atoms with Crippen LogP contribution in [0.1, 0.15) is 40.0 Å². The minimum Gasteiger partial charge on any atom is -0.304 e. The normalized spacial score (nSPS) is 9.50. The molecule has 0 aromatic heterocycles. The van der Waals surface area contributed by atoms with E-state index in [1.807, 2.05) is 0 Å². The molecule has 0 unspecified atom stereocenters. The monoisotopic (exact) mass is 191 g/mol. The van der Waals surface area contributed by atoms with Gasteiger partial charge in [0.2, 0.25) is 0 Å². The molecule has 0 aliphatic heterocycles. The first-order valence-electron chi connectivity index (χ1n) is 5.02. The lowest BCUT2D eigenvalue weighted by Crippen LogP contribution is -2.23. The molecule has 0 aromatic rings. The van der Waals surface area contributed by atoms with E-state index in [0.29, 0.717) is 0 Å². The zero-order valence-electron chi connectivity index (χ0n) is 9.14. The quantitative estimate of drug-likeness (QED) is 0.499. The zero-order chi connectivity index (χ0) is 9.82. The van der Waals surface area contributed by atoms with Gasteiger partial charge >= 0.3 is 0 Å². The molecule has 1 nitrogen and oxygen atoms in total. The van der Waals surface area contributed by atoms with Gasteiger partial charge in [0.15, 0.2) is 0 Å². The maximum absolute atomic E-state index is 3.53. The fourth-order valence-electron chi connectivity index (χ4n) is 1.13. The average Bonchev–Trinajstić information content (AvgIpc) is 2.16. The molecule has 0 fully saturated rings. The molecule has 76 valence electrons. The van der Waals surface area contributed by atoms with E-state index >= 15 is 0 Å². The fraction of sp³-hybridized carbons (Fsp3) is 1.00. The molecular weight excluding hydrogens is 166 g/mol. The third-order valence-corrected chi connectivity index (χ3v) is 1.97. The number of thiol groups is 1. The van der Waals surface area contributed by atoms with Gasteiger partial charge in [0.05, 0.1) is 0 Å². The number of hydrogen-bond acceptors (Lipinski definition) is 2. The van der Waals surface area contributed by atoms with Crippen LogP contribution in [0.4, 0.5) is 0 Å². The van der Waals surface area contributed by atoms with Gasteiger partial charge in [0.1, 0.15) is 0 Å². The van der Waals surface area contributed by atoms with Gasteiger partial charge in [-0.25, -0.2) is 0 Å². The molecular formula is C10H25NS. The molecule has 12 heavy (non-hydrogen) atoms. The first kappa shape index (κ1) is 14.8. The molecule has 0 saturated heterocycles. The second-order valence-corrected chi connectivity index (χ2v) is 2.73. The van der Waals surface area contributed by atoms with E-state index in [9.17, 15) is 0 Å². The van der Waals surface area contributed by atoms with Crippen LogP contribution in [0.5, 0.6) is 0 Å². The van der Waals surface area contributed by atoms with Crippen LogP contribution in [0.25, 0.3) is 0 Å². The van der Waals surface area contributed by atoms with Crippen molar-refractivity contribution in [2.45, 2.75) is 40.0 Å². The van der Waals surface area contributed by atoms with Crippen molar-refractivity contribution in [1.82, 2.24) is 4.90 Å². The zero-order valence-corrected chi connectivity index (χ0v) is 10.0. The lowest BCUT2D eigenvalue weighted by molar-refractivity contribution is 0.296. The Bertz CT molecular complexity index is 62.9. The van der Waals surface area contributed by atoms with Gasteiger partial charge in [0.25, 0.3) is 0 Å². The number of rotatable bonds is 6. The summed E-state index contributed by atoms with van der Waals surface area (Å²) in [6.45, 7) is 10.4. The summed E-state index contributed by atoms with van der Waals surface area (Å²) in [5, 5.41) is 0. The van der Waals surface area contributed by atoms with Crippen LogP contribution >= 0.6 is 12.6 Å². The SMILES string of the molecule is CCCCCN(CC)CC.CS. The first-order valence-corrected chi connectivity index (χ1v) is 5.91. The Balaban J connectivity index is 0. The average molecular weight is 191 g/mol. The summed E-state index contributed by atoms with van der Waals surface area (Å²) in [6, 6.07) is 0. The van der Waals surface area contributed by atoms with Crippen molar-refractivity contribution < 1.29 is 0 Å². The van der Waals surface area contributed by atoms with Gasteiger partial charge in [-0.15, -0.1) is 0 Å². The predicted octanol–water partition coefficient (Wildman–Crippen LogP) is 3.06. The summed E-state index contributed by atoms with van der Waals surface area (Å²) in [5.41, 5.74) is 0. The van der Waals surface area contributed by atoms with E-state index in [2.05, 4.69) is 38.3 Å². The fourth-order valence-corrected chi connectivity index (χ4v) is 1.13. The number of nitrogens with zero attached hydrogens (tertiary/aromatic N) is 1. The number of hydrogen-bond donors (Lipinski definition) is 1. The summed E-state index contributed by atoms with van der Waals surface area (Å²) < 4.78 is 0. The molecule has 0 amide bonds. The maximum Gasteiger partial charge on any atom is -0.00190 e. The predicted molar refractivity (Wildman–Crippen MR) is 62.2 cm³/mol. The highest BCUT2D eigenvalue weighted by Crippen LogP contribution is 1.96. The van der Waals surface area contributed by atoms with Crippen molar-refractivity contribution >= 4 is 12.6 Å². The highest BCUT2D eigenvalue weighted by molar-refractivity contribution is 7.79. The second-order valence-electron chi connectivity index (χ2n) is 2.73. The third-order valence-electron chi connectivity index (χ3n) is 1.97. The van der Waals surface area contributed by atoms with Gasteiger partial charge in [-0.05, 0) is 32.3 Å². The van der Waals surface area contributed by atoms with Gasteiger partial charge < -0.3 is 4.90 Å². The summed E-state index contributed by atoms with van der Waals surface area (Å²) >= 11 is 3.53. The highest BCUT2D eigenvalue weighted by atomic mass is 32.1. The first-order chi connectivity index (χ1) is 5.85. The Kier molecular flexibility index (Phi) is 17.1. The van der Waals surface area contributed by atoms with E-state index in [-0.39, 0.29) is 0 Å². The van der Waals surface area contributed by atoms with Crippen molar-refractivity contribution in [3.63, 3.8) is 0 Å². The van der Waals surface area contributed by atoms with Gasteiger partial charge in [0, 0.05) is 0 Å². The molecule has 0 aromatic carbocycles. The van der Waals surface area contributed by atoms with E-state index < -0.39 is 0 Å². The van der Waals surface area contributed by atoms with Gasteiger partial charge in [-0.1, -0.05) is 33.6 Å². The highest BCUT2D eigenvalue weighted by Gasteiger charge is 1.95. The smallest absolute Gasteiger partial charge is 0.00190 e. The van der Waals surface area contributed by atoms with Crippen molar-refractivity contribution in [2.24, 2.45) is 0 Å². The molecule has 0 bridgehead atoms. The van der Waals surface area contributed by atoms with Crippen molar-refractivity contribution in [2.75, 3.05) is 25.9 Å². The molecule has 0 aliphatic rings. The van der Waals surface area contributed by atoms with Crippen molar-refractivity contribution in [3.8, 4) is 0 Å². The number of unbranched alkanes of at least 4 members (excludes halogenated alkanes) is 2.